The molecule has 0 saturated carbocycles. The molecule has 0 spiro atoms. The van der Waals surface area contributed by atoms with E-state index >= 15 is 0 Å². The number of fused-ring (bicyclic) bond motifs is 1. The first-order valence-corrected chi connectivity index (χ1v) is 10.3. The summed E-state index contributed by atoms with van der Waals surface area (Å²) in [5, 5.41) is 1.55. The van der Waals surface area contributed by atoms with E-state index in [1.54, 1.807) is 36.4 Å². The largest absolute Gasteiger partial charge is 0.289 e. The Kier molecular flexibility index (Phi) is 5.25. The summed E-state index contributed by atoms with van der Waals surface area (Å²) in [6.45, 7) is 0. The van der Waals surface area contributed by atoms with Crippen LogP contribution in [0.5, 0.6) is 0 Å². The van der Waals surface area contributed by atoms with Crippen molar-refractivity contribution in [2.24, 2.45) is 0 Å². The molecule has 0 heterocycles. The van der Waals surface area contributed by atoms with Crippen LogP contribution in [0.15, 0.2) is 93.9 Å². The Bertz CT molecular complexity index is 1100. The fourth-order valence-electron chi connectivity index (χ4n) is 3.22. The number of carbonyl (C=O) groups is 2. The van der Waals surface area contributed by atoms with Crippen molar-refractivity contribution in [3.8, 4) is 0 Å². The van der Waals surface area contributed by atoms with Crippen LogP contribution in [-0.4, -0.2) is 11.6 Å². The zero-order valence-electron chi connectivity index (χ0n) is 14.7. The topological polar surface area (TPSA) is 34.1 Å². The van der Waals surface area contributed by atoms with E-state index in [0.29, 0.717) is 22.3 Å². The zero-order chi connectivity index (χ0) is 19.7. The van der Waals surface area contributed by atoms with Crippen LogP contribution in [-0.2, 0) is 0 Å². The van der Waals surface area contributed by atoms with Crippen LogP contribution in [0.4, 0.5) is 0 Å². The number of hydrogen-bond acceptors (Lipinski definition) is 2. The number of benzene rings is 4. The molecule has 0 aliphatic heterocycles. The van der Waals surface area contributed by atoms with E-state index in [9.17, 15) is 9.59 Å². The molecular formula is C24H14Br2O2. The molecule has 2 nitrogen and oxygen atoms in total. The van der Waals surface area contributed by atoms with Gasteiger partial charge >= 0.3 is 0 Å². The van der Waals surface area contributed by atoms with Crippen molar-refractivity contribution in [2.45, 2.75) is 0 Å². The molecule has 0 aliphatic carbocycles. The minimum absolute atomic E-state index is 0.0636. The summed E-state index contributed by atoms with van der Waals surface area (Å²) < 4.78 is 1.84. The fourth-order valence-corrected chi connectivity index (χ4v) is 3.75. The van der Waals surface area contributed by atoms with Gasteiger partial charge in [0.05, 0.1) is 0 Å². The van der Waals surface area contributed by atoms with Crippen LogP contribution in [0.2, 0.25) is 0 Å². The Hall–Kier alpha value is -2.56. The Morgan fingerprint density at radius 1 is 0.500 bits per heavy atom. The van der Waals surface area contributed by atoms with Crippen LogP contribution >= 0.6 is 31.9 Å². The molecular weight excluding hydrogens is 480 g/mol. The number of rotatable bonds is 4. The summed E-state index contributed by atoms with van der Waals surface area (Å²) in [4.78, 5) is 26.1. The smallest absolute Gasteiger partial charge is 0.193 e. The van der Waals surface area contributed by atoms with E-state index in [4.69, 9.17) is 0 Å². The third kappa shape index (κ3) is 3.58. The molecule has 0 unspecified atom stereocenters. The maximum Gasteiger partial charge on any atom is 0.193 e. The van der Waals surface area contributed by atoms with Crippen molar-refractivity contribution in [1.82, 2.24) is 0 Å². The van der Waals surface area contributed by atoms with E-state index in [1.165, 1.54) is 0 Å². The van der Waals surface area contributed by atoms with E-state index in [2.05, 4.69) is 31.9 Å². The predicted octanol–water partition coefficient (Wildman–Crippen LogP) is 6.83. The third-order valence-corrected chi connectivity index (χ3v) is 5.68. The number of ketones is 2. The molecule has 0 amide bonds. The molecule has 0 saturated heterocycles. The molecule has 4 heteroatoms. The molecule has 136 valence electrons. The molecule has 0 fully saturated rings. The standard InChI is InChI=1S/C24H14Br2O2/c25-17-11-7-15(8-12-17)23(27)21-5-1-3-19-20(21)4-2-6-22(19)24(28)16-9-13-18(26)14-10-16/h1-14H. The summed E-state index contributed by atoms with van der Waals surface area (Å²) in [7, 11) is 0. The monoisotopic (exact) mass is 492 g/mol. The average molecular weight is 494 g/mol. The fraction of sp³-hybridized carbons (Fsp3) is 0. The molecule has 0 radical (unpaired) electrons. The second-order valence-electron chi connectivity index (χ2n) is 6.38. The van der Waals surface area contributed by atoms with E-state index in [0.717, 1.165) is 19.7 Å². The van der Waals surface area contributed by atoms with Crippen molar-refractivity contribution >= 4 is 54.2 Å². The molecule has 4 aromatic rings. The molecule has 0 aromatic heterocycles. The molecule has 0 bridgehead atoms. The summed E-state index contributed by atoms with van der Waals surface area (Å²) in [6.07, 6.45) is 0. The SMILES string of the molecule is O=C(c1ccc(Br)cc1)c1cccc2c(C(=O)c3ccc(Br)cc3)cccc12. The molecule has 0 aliphatic rings. The van der Waals surface area contributed by atoms with Gasteiger partial charge in [-0.1, -0.05) is 68.3 Å². The van der Waals surface area contributed by atoms with E-state index in [1.807, 2.05) is 48.5 Å². The second kappa shape index (κ2) is 7.82. The van der Waals surface area contributed by atoms with Crippen molar-refractivity contribution in [1.29, 1.82) is 0 Å². The summed E-state index contributed by atoms with van der Waals surface area (Å²) >= 11 is 6.78. The van der Waals surface area contributed by atoms with Crippen LogP contribution in [0.25, 0.3) is 10.8 Å². The van der Waals surface area contributed by atoms with Crippen molar-refractivity contribution in [2.75, 3.05) is 0 Å². The average Bonchev–Trinajstić information content (AvgIpc) is 2.73. The van der Waals surface area contributed by atoms with E-state index < -0.39 is 0 Å². The highest BCUT2D eigenvalue weighted by molar-refractivity contribution is 9.10. The molecule has 28 heavy (non-hydrogen) atoms. The highest BCUT2D eigenvalue weighted by Crippen LogP contribution is 2.27. The first kappa shape index (κ1) is 18.8. The van der Waals surface area contributed by atoms with Crippen LogP contribution in [0.3, 0.4) is 0 Å². The van der Waals surface area contributed by atoms with Crippen molar-refractivity contribution in [3.63, 3.8) is 0 Å². The molecule has 0 N–H and O–H groups in total. The maximum atomic E-state index is 13.1. The first-order valence-electron chi connectivity index (χ1n) is 8.67. The van der Waals surface area contributed by atoms with Crippen LogP contribution in [0.1, 0.15) is 31.8 Å². The third-order valence-electron chi connectivity index (χ3n) is 4.62. The highest BCUT2D eigenvalue weighted by atomic mass is 79.9. The Morgan fingerprint density at radius 2 is 0.857 bits per heavy atom. The predicted molar refractivity (Wildman–Crippen MR) is 119 cm³/mol. The molecule has 0 atom stereocenters. The molecule has 4 aromatic carbocycles. The van der Waals surface area contributed by atoms with Gasteiger partial charge in [0, 0.05) is 31.2 Å². The van der Waals surface area contributed by atoms with Gasteiger partial charge < -0.3 is 0 Å². The summed E-state index contributed by atoms with van der Waals surface area (Å²) in [6, 6.07) is 25.6. The zero-order valence-corrected chi connectivity index (χ0v) is 17.8. The Balaban J connectivity index is 1.82. The minimum Gasteiger partial charge on any atom is -0.289 e. The number of carbonyl (C=O) groups excluding carboxylic acids is 2. The number of hydrogen-bond donors (Lipinski definition) is 0. The highest BCUT2D eigenvalue weighted by Gasteiger charge is 2.17. The van der Waals surface area contributed by atoms with E-state index in [-0.39, 0.29) is 11.6 Å². The van der Waals surface area contributed by atoms with Gasteiger partial charge in [-0.3, -0.25) is 9.59 Å². The lowest BCUT2D eigenvalue weighted by molar-refractivity contribution is 0.103. The Labute approximate surface area is 179 Å². The lowest BCUT2D eigenvalue weighted by Crippen LogP contribution is -2.05. The van der Waals surface area contributed by atoms with Crippen molar-refractivity contribution in [3.05, 3.63) is 116 Å². The second-order valence-corrected chi connectivity index (χ2v) is 8.21. The van der Waals surface area contributed by atoms with Gasteiger partial charge in [0.15, 0.2) is 11.6 Å². The van der Waals surface area contributed by atoms with Gasteiger partial charge in [-0.2, -0.15) is 0 Å². The van der Waals surface area contributed by atoms with Gasteiger partial charge in [0.2, 0.25) is 0 Å². The maximum absolute atomic E-state index is 13.1. The van der Waals surface area contributed by atoms with Crippen molar-refractivity contribution < 1.29 is 9.59 Å². The van der Waals surface area contributed by atoms with Gasteiger partial charge in [-0.25, -0.2) is 0 Å². The Morgan fingerprint density at radius 3 is 1.21 bits per heavy atom. The number of halogens is 2. The molecule has 4 rings (SSSR count). The summed E-state index contributed by atoms with van der Waals surface area (Å²) in [5.74, 6) is -0.127. The van der Waals surface area contributed by atoms with Gasteiger partial charge in [0.1, 0.15) is 0 Å². The van der Waals surface area contributed by atoms with Crippen LogP contribution < -0.4 is 0 Å². The van der Waals surface area contributed by atoms with Gasteiger partial charge in [0.25, 0.3) is 0 Å². The lowest BCUT2D eigenvalue weighted by atomic mass is 9.92. The first-order chi connectivity index (χ1) is 13.5. The lowest BCUT2D eigenvalue weighted by Gasteiger charge is -2.10. The van der Waals surface area contributed by atoms with Crippen LogP contribution in [0, 0.1) is 0 Å². The quantitative estimate of drug-likeness (QED) is 0.292. The minimum atomic E-state index is -0.0636. The van der Waals surface area contributed by atoms with Gasteiger partial charge in [-0.15, -0.1) is 0 Å². The van der Waals surface area contributed by atoms with Gasteiger partial charge in [-0.05, 0) is 59.3 Å². The normalized spacial score (nSPS) is 10.8. The summed E-state index contributed by atoms with van der Waals surface area (Å²) in [5.41, 5.74) is 2.40.